The minimum absolute atomic E-state index is 0. The minimum Gasteiger partial charge on any atom is -0.347 e. The first-order chi connectivity index (χ1) is 13.1. The van der Waals surface area contributed by atoms with Gasteiger partial charge in [0.25, 0.3) is 0 Å². The Labute approximate surface area is 181 Å². The number of hydrogen-bond acceptors (Lipinski definition) is 3. The van der Waals surface area contributed by atoms with Gasteiger partial charge in [0.15, 0.2) is 5.96 Å². The molecule has 8 heteroatoms. The summed E-state index contributed by atoms with van der Waals surface area (Å²) in [4.78, 5) is 22.5. The Morgan fingerprint density at radius 1 is 1.32 bits per heavy atom. The van der Waals surface area contributed by atoms with E-state index in [0.717, 1.165) is 37.5 Å². The molecule has 1 aromatic carbocycles. The molecule has 2 heterocycles. The molecule has 2 aromatic rings. The minimum atomic E-state index is -0.207. The normalized spacial score (nSPS) is 16.4. The maximum Gasteiger partial charge on any atom is 0.243 e. The van der Waals surface area contributed by atoms with Gasteiger partial charge in [0, 0.05) is 26.3 Å². The van der Waals surface area contributed by atoms with Crippen LogP contribution in [0.5, 0.6) is 0 Å². The lowest BCUT2D eigenvalue weighted by molar-refractivity contribution is -0.115. The molecule has 6 nitrogen and oxygen atoms in total. The summed E-state index contributed by atoms with van der Waals surface area (Å²) in [5, 5.41) is 5.91. The van der Waals surface area contributed by atoms with E-state index < -0.39 is 0 Å². The lowest BCUT2D eigenvalue weighted by Crippen LogP contribution is -2.43. The van der Waals surface area contributed by atoms with Gasteiger partial charge in [0.1, 0.15) is 5.82 Å². The van der Waals surface area contributed by atoms with E-state index in [0.29, 0.717) is 11.6 Å². The van der Waals surface area contributed by atoms with Crippen molar-refractivity contribution < 1.29 is 9.18 Å². The van der Waals surface area contributed by atoms with Crippen molar-refractivity contribution in [3.63, 3.8) is 0 Å². The average molecular weight is 497 g/mol. The SMILES string of the molecule is CN=C(NCC(=O)Nc1cccnc1)N1CCC(Cc2ccc(F)cc2)C1.I. The number of halogens is 2. The molecule has 3 rings (SSSR count). The van der Waals surface area contributed by atoms with Crippen molar-refractivity contribution in [2.45, 2.75) is 12.8 Å². The number of benzene rings is 1. The molecule has 1 amide bonds. The Morgan fingerprint density at radius 2 is 2.11 bits per heavy atom. The molecule has 0 spiro atoms. The van der Waals surface area contributed by atoms with Crippen LogP contribution in [-0.4, -0.2) is 48.4 Å². The summed E-state index contributed by atoms with van der Waals surface area (Å²) in [6, 6.07) is 10.3. The van der Waals surface area contributed by atoms with Crippen molar-refractivity contribution in [2.24, 2.45) is 10.9 Å². The Kier molecular flexibility index (Phi) is 8.62. The number of nitrogens with one attached hydrogen (secondary N) is 2. The van der Waals surface area contributed by atoms with Gasteiger partial charge in [0.05, 0.1) is 18.4 Å². The monoisotopic (exact) mass is 497 g/mol. The fourth-order valence-electron chi connectivity index (χ4n) is 3.28. The highest BCUT2D eigenvalue weighted by molar-refractivity contribution is 14.0. The molecule has 0 aliphatic carbocycles. The highest BCUT2D eigenvalue weighted by Gasteiger charge is 2.25. The van der Waals surface area contributed by atoms with Gasteiger partial charge in [-0.15, -0.1) is 24.0 Å². The number of anilines is 1. The number of likely N-dealkylation sites (tertiary alicyclic amines) is 1. The second-order valence-electron chi connectivity index (χ2n) is 6.62. The van der Waals surface area contributed by atoms with E-state index in [1.165, 1.54) is 12.1 Å². The van der Waals surface area contributed by atoms with E-state index in [2.05, 4.69) is 25.5 Å². The number of pyridine rings is 1. The molecule has 2 N–H and O–H groups in total. The van der Waals surface area contributed by atoms with E-state index in [9.17, 15) is 9.18 Å². The molecule has 28 heavy (non-hydrogen) atoms. The van der Waals surface area contributed by atoms with Gasteiger partial charge in [-0.2, -0.15) is 0 Å². The molecule has 0 bridgehead atoms. The topological polar surface area (TPSA) is 69.6 Å². The van der Waals surface area contributed by atoms with Crippen molar-refractivity contribution >= 4 is 41.5 Å². The van der Waals surface area contributed by atoms with Crippen LogP contribution in [-0.2, 0) is 11.2 Å². The maximum absolute atomic E-state index is 13.0. The quantitative estimate of drug-likeness (QED) is 0.379. The molecule has 1 unspecified atom stereocenters. The largest absolute Gasteiger partial charge is 0.347 e. The van der Waals surface area contributed by atoms with Crippen LogP contribution in [0.25, 0.3) is 0 Å². The summed E-state index contributed by atoms with van der Waals surface area (Å²) in [5.41, 5.74) is 1.81. The van der Waals surface area contributed by atoms with E-state index in [-0.39, 0.29) is 42.2 Å². The molecular weight excluding hydrogens is 472 g/mol. The predicted octanol–water partition coefficient (Wildman–Crippen LogP) is 2.92. The Balaban J connectivity index is 0.00000280. The molecule has 1 atom stereocenters. The summed E-state index contributed by atoms with van der Waals surface area (Å²) in [6.45, 7) is 1.89. The number of nitrogens with zero attached hydrogens (tertiary/aromatic N) is 3. The molecule has 150 valence electrons. The number of hydrogen-bond donors (Lipinski definition) is 2. The third-order valence-electron chi connectivity index (χ3n) is 4.59. The van der Waals surface area contributed by atoms with E-state index in [1.807, 2.05) is 12.1 Å². The standard InChI is InChI=1S/C20H24FN5O.HI/c1-22-20(24-13-19(27)25-18-3-2-9-23-12-18)26-10-8-16(14-26)11-15-4-6-17(21)7-5-15;/h2-7,9,12,16H,8,10-11,13-14H2,1H3,(H,22,24)(H,25,27);1H. The van der Waals surface area contributed by atoms with Crippen LogP contribution < -0.4 is 10.6 Å². The highest BCUT2D eigenvalue weighted by Crippen LogP contribution is 2.21. The van der Waals surface area contributed by atoms with Crippen LogP contribution in [0.4, 0.5) is 10.1 Å². The van der Waals surface area contributed by atoms with Crippen LogP contribution >= 0.6 is 24.0 Å². The third kappa shape index (κ3) is 6.43. The molecule has 0 saturated carbocycles. The molecule has 1 aliphatic heterocycles. The van der Waals surface area contributed by atoms with Crippen LogP contribution in [0.15, 0.2) is 53.8 Å². The fraction of sp³-hybridized carbons (Fsp3) is 0.350. The summed E-state index contributed by atoms with van der Waals surface area (Å²) in [6.07, 6.45) is 5.22. The number of carbonyl (C=O) groups excluding carboxylic acids is 1. The Hall–Kier alpha value is -2.23. The second-order valence-corrected chi connectivity index (χ2v) is 6.62. The number of aliphatic imine (C=N–C) groups is 1. The molecule has 1 aliphatic rings. The average Bonchev–Trinajstić information content (AvgIpc) is 3.13. The lowest BCUT2D eigenvalue weighted by Gasteiger charge is -2.21. The zero-order valence-electron chi connectivity index (χ0n) is 15.8. The highest BCUT2D eigenvalue weighted by atomic mass is 127. The van der Waals surface area contributed by atoms with Crippen LogP contribution in [0, 0.1) is 11.7 Å². The third-order valence-corrected chi connectivity index (χ3v) is 4.59. The van der Waals surface area contributed by atoms with E-state index in [4.69, 9.17) is 0 Å². The second kappa shape index (κ2) is 10.9. The Bertz CT molecular complexity index is 785. The van der Waals surface area contributed by atoms with Gasteiger partial charge < -0.3 is 15.5 Å². The first kappa shape index (κ1) is 22.1. The van der Waals surface area contributed by atoms with Crippen LogP contribution in [0.1, 0.15) is 12.0 Å². The molecule has 1 saturated heterocycles. The van der Waals surface area contributed by atoms with Crippen molar-refractivity contribution in [1.29, 1.82) is 0 Å². The zero-order chi connectivity index (χ0) is 19.1. The first-order valence-corrected chi connectivity index (χ1v) is 9.04. The number of rotatable bonds is 5. The van der Waals surface area contributed by atoms with Gasteiger partial charge in [0.2, 0.25) is 5.91 Å². The zero-order valence-corrected chi connectivity index (χ0v) is 18.1. The lowest BCUT2D eigenvalue weighted by atomic mass is 9.99. The molecule has 0 radical (unpaired) electrons. The van der Waals surface area contributed by atoms with Crippen molar-refractivity contribution in [3.05, 3.63) is 60.2 Å². The van der Waals surface area contributed by atoms with Crippen LogP contribution in [0.2, 0.25) is 0 Å². The molecular formula is C20H25FIN5O. The summed E-state index contributed by atoms with van der Waals surface area (Å²) in [7, 11) is 1.72. The smallest absolute Gasteiger partial charge is 0.243 e. The van der Waals surface area contributed by atoms with Gasteiger partial charge in [-0.3, -0.25) is 14.8 Å². The Morgan fingerprint density at radius 3 is 2.79 bits per heavy atom. The first-order valence-electron chi connectivity index (χ1n) is 9.04. The number of aromatic nitrogens is 1. The van der Waals surface area contributed by atoms with Crippen molar-refractivity contribution in [3.8, 4) is 0 Å². The van der Waals surface area contributed by atoms with E-state index in [1.54, 1.807) is 31.6 Å². The molecule has 1 fully saturated rings. The number of carbonyl (C=O) groups is 1. The summed E-state index contributed by atoms with van der Waals surface area (Å²) < 4.78 is 13.0. The maximum atomic E-state index is 13.0. The van der Waals surface area contributed by atoms with Gasteiger partial charge >= 0.3 is 0 Å². The fourth-order valence-corrected chi connectivity index (χ4v) is 3.28. The van der Waals surface area contributed by atoms with E-state index >= 15 is 0 Å². The molecule has 1 aromatic heterocycles. The predicted molar refractivity (Wildman–Crippen MR) is 119 cm³/mol. The van der Waals surface area contributed by atoms with Crippen molar-refractivity contribution in [2.75, 3.05) is 32.0 Å². The van der Waals surface area contributed by atoms with Gasteiger partial charge in [-0.05, 0) is 48.6 Å². The van der Waals surface area contributed by atoms with Gasteiger partial charge in [-0.25, -0.2) is 4.39 Å². The summed E-state index contributed by atoms with van der Waals surface area (Å²) in [5.74, 6) is 0.850. The van der Waals surface area contributed by atoms with Crippen molar-refractivity contribution in [1.82, 2.24) is 15.2 Å². The van der Waals surface area contributed by atoms with Crippen LogP contribution in [0.3, 0.4) is 0 Å². The number of guanidine groups is 1. The number of amides is 1. The van der Waals surface area contributed by atoms with Gasteiger partial charge in [-0.1, -0.05) is 12.1 Å². The summed E-state index contributed by atoms with van der Waals surface area (Å²) >= 11 is 0.